The third-order valence-corrected chi connectivity index (χ3v) is 4.23. The summed E-state index contributed by atoms with van der Waals surface area (Å²) in [5.41, 5.74) is 2.77. The van der Waals surface area contributed by atoms with Crippen molar-refractivity contribution >= 4 is 33.3 Å². The number of benzene rings is 1. The van der Waals surface area contributed by atoms with E-state index < -0.39 is 0 Å². The van der Waals surface area contributed by atoms with E-state index in [1.54, 1.807) is 12.1 Å². The lowest BCUT2D eigenvalue weighted by atomic mass is 10.1. The number of hydrogen-bond acceptors (Lipinski definition) is 2. The van der Waals surface area contributed by atoms with Crippen LogP contribution in [0.2, 0.25) is 5.02 Å². The molecule has 0 aliphatic carbocycles. The lowest BCUT2D eigenvalue weighted by molar-refractivity contribution is 0.0921. The molecule has 1 heterocycles. The first-order chi connectivity index (χ1) is 9.93. The number of ether oxygens (including phenoxy) is 1. The van der Waals surface area contributed by atoms with Crippen molar-refractivity contribution in [3.63, 3.8) is 0 Å². The number of hydrogen-bond donors (Lipinski definition) is 0. The number of carbonyl (C=O) groups excluding carboxylic acids is 1. The lowest BCUT2D eigenvalue weighted by Crippen LogP contribution is -2.13. The van der Waals surface area contributed by atoms with Gasteiger partial charge in [0.1, 0.15) is 5.75 Å². The van der Waals surface area contributed by atoms with Gasteiger partial charge in [-0.2, -0.15) is 0 Å². The molecule has 2 rings (SSSR count). The molecule has 0 spiro atoms. The summed E-state index contributed by atoms with van der Waals surface area (Å²) in [5.74, 6) is 0.472. The maximum Gasteiger partial charge on any atom is 0.202 e. The second-order valence-electron chi connectivity index (χ2n) is 4.82. The van der Waals surface area contributed by atoms with E-state index in [-0.39, 0.29) is 12.4 Å². The largest absolute Gasteiger partial charge is 0.484 e. The van der Waals surface area contributed by atoms with Crippen molar-refractivity contribution in [1.82, 2.24) is 4.57 Å². The van der Waals surface area contributed by atoms with E-state index in [2.05, 4.69) is 27.4 Å². The van der Waals surface area contributed by atoms with Gasteiger partial charge >= 0.3 is 0 Å². The topological polar surface area (TPSA) is 31.2 Å². The molecule has 0 amide bonds. The third-order valence-electron chi connectivity index (χ3n) is 3.44. The Hall–Kier alpha value is -1.26. The summed E-state index contributed by atoms with van der Waals surface area (Å²) in [7, 11) is 0. The molecule has 2 aromatic rings. The van der Waals surface area contributed by atoms with Gasteiger partial charge in [0, 0.05) is 28.0 Å². The average molecular weight is 371 g/mol. The van der Waals surface area contributed by atoms with Crippen LogP contribution in [-0.4, -0.2) is 17.0 Å². The molecule has 21 heavy (non-hydrogen) atoms. The van der Waals surface area contributed by atoms with Crippen LogP contribution in [0.4, 0.5) is 0 Å². The number of rotatable bonds is 5. The monoisotopic (exact) mass is 369 g/mol. The highest BCUT2D eigenvalue weighted by molar-refractivity contribution is 9.10. The van der Waals surface area contributed by atoms with Crippen LogP contribution in [0.25, 0.3) is 0 Å². The predicted molar refractivity (Wildman–Crippen MR) is 88.6 cm³/mol. The van der Waals surface area contributed by atoms with E-state index in [1.165, 1.54) is 0 Å². The van der Waals surface area contributed by atoms with Crippen LogP contribution >= 0.6 is 27.5 Å². The number of nitrogens with zero attached hydrogens (tertiary/aromatic N) is 1. The van der Waals surface area contributed by atoms with Crippen LogP contribution in [0, 0.1) is 13.8 Å². The molecule has 0 aliphatic rings. The molecule has 0 aliphatic heterocycles. The second-order valence-corrected chi connectivity index (χ2v) is 6.14. The minimum Gasteiger partial charge on any atom is -0.484 e. The van der Waals surface area contributed by atoms with E-state index >= 15 is 0 Å². The van der Waals surface area contributed by atoms with Crippen LogP contribution in [0.1, 0.15) is 28.7 Å². The molecule has 0 saturated heterocycles. The molecular formula is C16H17BrClNO2. The minimum atomic E-state index is -0.0400. The first-order valence-electron chi connectivity index (χ1n) is 6.71. The zero-order valence-electron chi connectivity index (χ0n) is 12.2. The first kappa shape index (κ1) is 16.1. The number of carbonyl (C=O) groups is 1. The van der Waals surface area contributed by atoms with Gasteiger partial charge in [-0.05, 0) is 45.0 Å². The summed E-state index contributed by atoms with van der Waals surface area (Å²) < 4.78 is 8.52. The number of aryl methyl sites for hydroxylation is 1. The normalized spacial score (nSPS) is 10.7. The van der Waals surface area contributed by atoms with Crippen LogP contribution in [0.3, 0.4) is 0 Å². The maximum absolute atomic E-state index is 12.3. The molecule has 0 unspecified atom stereocenters. The molecule has 0 radical (unpaired) electrons. The third kappa shape index (κ3) is 3.50. The SMILES string of the molecule is CCn1c(C)cc(C(=O)COc2ccc(Br)cc2Cl)c1C. The number of halogens is 2. The van der Waals surface area contributed by atoms with Gasteiger partial charge in [0.2, 0.25) is 5.78 Å². The van der Waals surface area contributed by atoms with Crippen molar-refractivity contribution < 1.29 is 9.53 Å². The molecule has 5 heteroatoms. The molecule has 112 valence electrons. The van der Waals surface area contributed by atoms with Crippen molar-refractivity contribution in [2.75, 3.05) is 6.61 Å². The highest BCUT2D eigenvalue weighted by Crippen LogP contribution is 2.28. The van der Waals surface area contributed by atoms with Crippen LogP contribution < -0.4 is 4.74 Å². The van der Waals surface area contributed by atoms with Gasteiger partial charge in [0.25, 0.3) is 0 Å². The molecule has 0 bridgehead atoms. The Kier molecular flexibility index (Phi) is 5.12. The van der Waals surface area contributed by atoms with Gasteiger partial charge in [-0.3, -0.25) is 4.79 Å². The van der Waals surface area contributed by atoms with Crippen LogP contribution in [0.15, 0.2) is 28.7 Å². The first-order valence-corrected chi connectivity index (χ1v) is 7.89. The molecule has 0 fully saturated rings. The predicted octanol–water partition coefficient (Wildman–Crippen LogP) is 4.80. The van der Waals surface area contributed by atoms with E-state index in [1.807, 2.05) is 26.0 Å². The summed E-state index contributed by atoms with van der Waals surface area (Å²) in [6, 6.07) is 7.22. The number of aromatic nitrogens is 1. The highest BCUT2D eigenvalue weighted by atomic mass is 79.9. The fourth-order valence-electron chi connectivity index (χ4n) is 2.38. The lowest BCUT2D eigenvalue weighted by Gasteiger charge is -2.08. The molecular weight excluding hydrogens is 354 g/mol. The Morgan fingerprint density at radius 3 is 2.62 bits per heavy atom. The van der Waals surface area contributed by atoms with Crippen molar-refractivity contribution in [3.8, 4) is 5.75 Å². The Balaban J connectivity index is 2.12. The molecule has 1 aromatic heterocycles. The van der Waals surface area contributed by atoms with Gasteiger partial charge < -0.3 is 9.30 Å². The van der Waals surface area contributed by atoms with Gasteiger partial charge in [-0.1, -0.05) is 27.5 Å². The fraction of sp³-hybridized carbons (Fsp3) is 0.312. The van der Waals surface area contributed by atoms with Crippen LogP contribution in [-0.2, 0) is 6.54 Å². The van der Waals surface area contributed by atoms with Gasteiger partial charge in [0.05, 0.1) is 5.02 Å². The standard InChI is InChI=1S/C16H17BrClNO2/c1-4-19-10(2)7-13(11(19)3)15(20)9-21-16-6-5-12(17)8-14(16)18/h5-8H,4,9H2,1-3H3. The number of Topliss-reactive ketones (excluding diaryl/α,β-unsaturated/α-hetero) is 1. The highest BCUT2D eigenvalue weighted by Gasteiger charge is 2.16. The van der Waals surface area contributed by atoms with E-state index in [9.17, 15) is 4.79 Å². The molecule has 0 atom stereocenters. The minimum absolute atomic E-state index is 0.0185. The summed E-state index contributed by atoms with van der Waals surface area (Å²) in [4.78, 5) is 12.3. The summed E-state index contributed by atoms with van der Waals surface area (Å²) in [6.07, 6.45) is 0. The molecule has 0 N–H and O–H groups in total. The second kappa shape index (κ2) is 6.67. The smallest absolute Gasteiger partial charge is 0.202 e. The van der Waals surface area contributed by atoms with E-state index in [0.29, 0.717) is 16.3 Å². The Labute approximate surface area is 138 Å². The summed E-state index contributed by atoms with van der Waals surface area (Å²) >= 11 is 9.40. The van der Waals surface area contributed by atoms with Gasteiger partial charge in [-0.15, -0.1) is 0 Å². The molecule has 1 aromatic carbocycles. The van der Waals surface area contributed by atoms with E-state index in [4.69, 9.17) is 16.3 Å². The zero-order valence-corrected chi connectivity index (χ0v) is 14.6. The zero-order chi connectivity index (χ0) is 15.6. The summed E-state index contributed by atoms with van der Waals surface area (Å²) in [6.45, 7) is 6.85. The van der Waals surface area contributed by atoms with Crippen molar-refractivity contribution in [1.29, 1.82) is 0 Å². The van der Waals surface area contributed by atoms with Crippen molar-refractivity contribution in [2.24, 2.45) is 0 Å². The Morgan fingerprint density at radius 2 is 2.05 bits per heavy atom. The van der Waals surface area contributed by atoms with E-state index in [0.717, 1.165) is 22.4 Å². The molecule has 0 saturated carbocycles. The van der Waals surface area contributed by atoms with Crippen LogP contribution in [0.5, 0.6) is 5.75 Å². The Bertz CT molecular complexity index is 679. The maximum atomic E-state index is 12.3. The van der Waals surface area contributed by atoms with Crippen molar-refractivity contribution in [2.45, 2.75) is 27.3 Å². The van der Waals surface area contributed by atoms with Gasteiger partial charge in [0.15, 0.2) is 6.61 Å². The fourth-order valence-corrected chi connectivity index (χ4v) is 3.11. The van der Waals surface area contributed by atoms with Crippen molar-refractivity contribution in [3.05, 3.63) is 50.7 Å². The average Bonchev–Trinajstić information content (AvgIpc) is 2.72. The van der Waals surface area contributed by atoms with Gasteiger partial charge in [-0.25, -0.2) is 0 Å². The quantitative estimate of drug-likeness (QED) is 0.708. The molecule has 3 nitrogen and oxygen atoms in total. The Morgan fingerprint density at radius 1 is 1.33 bits per heavy atom. The summed E-state index contributed by atoms with van der Waals surface area (Å²) in [5, 5.41) is 0.483. The number of ketones is 1.